The van der Waals surface area contributed by atoms with E-state index in [2.05, 4.69) is 5.32 Å². The molecule has 0 saturated heterocycles. The van der Waals surface area contributed by atoms with Crippen molar-refractivity contribution in [2.24, 2.45) is 0 Å². The van der Waals surface area contributed by atoms with Gasteiger partial charge in [-0.25, -0.2) is 4.79 Å². The molecule has 1 aliphatic rings. The molecule has 2 aromatic carbocycles. The van der Waals surface area contributed by atoms with Crippen LogP contribution in [0, 0.1) is 0 Å². The fourth-order valence-electron chi connectivity index (χ4n) is 3.98. The van der Waals surface area contributed by atoms with Gasteiger partial charge >= 0.3 is 5.97 Å². The summed E-state index contributed by atoms with van der Waals surface area (Å²) in [5.41, 5.74) is 3.90. The first-order valence-electron chi connectivity index (χ1n) is 10.8. The largest absolute Gasteiger partial charge is 0.494 e. The molecule has 1 N–H and O–H groups in total. The monoisotopic (exact) mass is 418 g/mol. The summed E-state index contributed by atoms with van der Waals surface area (Å²) < 4.78 is 10.8. The Morgan fingerprint density at radius 1 is 1.00 bits per heavy atom. The molecule has 160 valence electrons. The van der Waals surface area contributed by atoms with E-state index < -0.39 is 5.97 Å². The summed E-state index contributed by atoms with van der Waals surface area (Å²) in [6, 6.07) is 14.7. The predicted octanol–water partition coefficient (Wildman–Crippen LogP) is 4.70. The first-order valence-corrected chi connectivity index (χ1v) is 10.8. The molecule has 4 rings (SSSR count). The highest BCUT2D eigenvalue weighted by molar-refractivity contribution is 6.06. The van der Waals surface area contributed by atoms with E-state index in [0.717, 1.165) is 60.0 Å². The molecule has 0 atom stereocenters. The number of benzene rings is 2. The van der Waals surface area contributed by atoms with Gasteiger partial charge in [0.25, 0.3) is 5.91 Å². The molecule has 6 nitrogen and oxygen atoms in total. The Morgan fingerprint density at radius 2 is 1.77 bits per heavy atom. The van der Waals surface area contributed by atoms with Gasteiger partial charge in [-0.2, -0.15) is 0 Å². The molecule has 0 unspecified atom stereocenters. The third-order valence-corrected chi connectivity index (χ3v) is 5.41. The number of ether oxygens (including phenoxy) is 2. The Morgan fingerprint density at radius 3 is 2.58 bits per heavy atom. The fraction of sp³-hybridized carbons (Fsp3) is 0.320. The van der Waals surface area contributed by atoms with Crippen molar-refractivity contribution in [2.75, 3.05) is 18.5 Å². The summed E-state index contributed by atoms with van der Waals surface area (Å²) in [4.78, 5) is 30.2. The van der Waals surface area contributed by atoms with Crippen LogP contribution in [0.3, 0.4) is 0 Å². The number of carbonyl (C=O) groups is 2. The van der Waals surface area contributed by atoms with Gasteiger partial charge in [-0.05, 0) is 68.5 Å². The first-order chi connectivity index (χ1) is 15.2. The van der Waals surface area contributed by atoms with Crippen LogP contribution in [-0.2, 0) is 22.4 Å². The van der Waals surface area contributed by atoms with E-state index in [-0.39, 0.29) is 12.5 Å². The number of aromatic nitrogens is 1. The van der Waals surface area contributed by atoms with Gasteiger partial charge in [0.2, 0.25) is 0 Å². The zero-order chi connectivity index (χ0) is 21.6. The van der Waals surface area contributed by atoms with Gasteiger partial charge in [0.15, 0.2) is 6.61 Å². The zero-order valence-corrected chi connectivity index (χ0v) is 17.6. The van der Waals surface area contributed by atoms with E-state index in [1.165, 1.54) is 0 Å². The summed E-state index contributed by atoms with van der Waals surface area (Å²) in [6.07, 6.45) is 4.86. The van der Waals surface area contributed by atoms with Gasteiger partial charge in [0.1, 0.15) is 5.75 Å². The highest BCUT2D eigenvalue weighted by Crippen LogP contribution is 2.29. The van der Waals surface area contributed by atoms with E-state index in [4.69, 9.17) is 14.5 Å². The third kappa shape index (κ3) is 4.85. The van der Waals surface area contributed by atoms with Crippen molar-refractivity contribution in [3.63, 3.8) is 0 Å². The number of pyridine rings is 1. The molecule has 1 aliphatic carbocycles. The molecule has 1 aromatic heterocycles. The molecular formula is C25H26N2O4. The number of aryl methyl sites for hydroxylation is 1. The summed E-state index contributed by atoms with van der Waals surface area (Å²) >= 11 is 0. The second-order valence-corrected chi connectivity index (χ2v) is 7.57. The lowest BCUT2D eigenvalue weighted by molar-refractivity contribution is -0.119. The number of nitrogens with zero attached hydrogens (tertiary/aromatic N) is 1. The second-order valence-electron chi connectivity index (χ2n) is 7.57. The Bertz CT molecular complexity index is 1090. The van der Waals surface area contributed by atoms with Gasteiger partial charge in [-0.15, -0.1) is 0 Å². The van der Waals surface area contributed by atoms with Gasteiger partial charge in [0, 0.05) is 16.8 Å². The molecule has 3 aromatic rings. The molecule has 1 amide bonds. The number of esters is 1. The zero-order valence-electron chi connectivity index (χ0n) is 17.6. The van der Waals surface area contributed by atoms with Crippen LogP contribution in [0.25, 0.3) is 10.9 Å². The Hall–Kier alpha value is -3.41. The van der Waals surface area contributed by atoms with Crippen LogP contribution in [-0.4, -0.2) is 30.1 Å². The maximum atomic E-state index is 13.1. The number of fused-ring (bicyclic) bond motifs is 2. The lowest BCUT2D eigenvalue weighted by Gasteiger charge is -2.15. The number of rotatable bonds is 6. The standard InChI is InChI=1S/C25H26N2O4/c1-2-30-18-14-12-17(13-15-18)26-23(28)16-31-25(29)24-19-8-4-3-5-10-21(19)27-22-11-7-6-9-20(22)24/h6-7,9,11-15H,2-5,8,10,16H2,1H3,(H,26,28). The Balaban J connectivity index is 1.49. The number of amides is 1. The molecule has 0 radical (unpaired) electrons. The van der Waals surface area contributed by atoms with Gasteiger partial charge in [0.05, 0.1) is 17.7 Å². The van der Waals surface area contributed by atoms with Crippen LogP contribution in [0.5, 0.6) is 5.75 Å². The average molecular weight is 418 g/mol. The van der Waals surface area contributed by atoms with Crippen molar-refractivity contribution >= 4 is 28.5 Å². The van der Waals surface area contributed by atoms with Crippen LogP contribution < -0.4 is 10.1 Å². The van der Waals surface area contributed by atoms with Crippen molar-refractivity contribution in [1.82, 2.24) is 4.98 Å². The Labute approximate surface area is 181 Å². The molecule has 0 fully saturated rings. The van der Waals surface area contributed by atoms with E-state index in [9.17, 15) is 9.59 Å². The summed E-state index contributed by atoms with van der Waals surface area (Å²) in [7, 11) is 0. The second kappa shape index (κ2) is 9.60. The van der Waals surface area contributed by atoms with Crippen LogP contribution >= 0.6 is 0 Å². The van der Waals surface area contributed by atoms with Crippen molar-refractivity contribution in [2.45, 2.75) is 39.0 Å². The maximum absolute atomic E-state index is 13.1. The average Bonchev–Trinajstić information content (AvgIpc) is 3.02. The predicted molar refractivity (Wildman–Crippen MR) is 120 cm³/mol. The minimum Gasteiger partial charge on any atom is -0.494 e. The molecule has 0 spiro atoms. The lowest BCUT2D eigenvalue weighted by Crippen LogP contribution is -2.22. The van der Waals surface area contributed by atoms with Crippen molar-refractivity contribution < 1.29 is 19.1 Å². The van der Waals surface area contributed by atoms with E-state index >= 15 is 0 Å². The maximum Gasteiger partial charge on any atom is 0.339 e. The third-order valence-electron chi connectivity index (χ3n) is 5.41. The lowest BCUT2D eigenvalue weighted by atomic mass is 9.97. The molecule has 1 heterocycles. The number of para-hydroxylation sites is 1. The van der Waals surface area contributed by atoms with Crippen LogP contribution in [0.1, 0.15) is 47.8 Å². The topological polar surface area (TPSA) is 77.5 Å². The van der Waals surface area contributed by atoms with Crippen LogP contribution in [0.15, 0.2) is 48.5 Å². The summed E-state index contributed by atoms with van der Waals surface area (Å²) in [5, 5.41) is 3.52. The van der Waals surface area contributed by atoms with Gasteiger partial charge in [-0.3, -0.25) is 9.78 Å². The fourth-order valence-corrected chi connectivity index (χ4v) is 3.98. The van der Waals surface area contributed by atoms with E-state index in [1.807, 2.05) is 31.2 Å². The normalized spacial score (nSPS) is 13.2. The minimum absolute atomic E-state index is 0.350. The van der Waals surface area contributed by atoms with E-state index in [1.54, 1.807) is 24.3 Å². The van der Waals surface area contributed by atoms with Crippen molar-refractivity contribution in [1.29, 1.82) is 0 Å². The van der Waals surface area contributed by atoms with Gasteiger partial charge < -0.3 is 14.8 Å². The van der Waals surface area contributed by atoms with Gasteiger partial charge in [-0.1, -0.05) is 24.6 Å². The van der Waals surface area contributed by atoms with Crippen molar-refractivity contribution in [3.05, 3.63) is 65.4 Å². The molecule has 0 aliphatic heterocycles. The smallest absolute Gasteiger partial charge is 0.339 e. The summed E-state index contributed by atoms with van der Waals surface area (Å²) in [6.45, 7) is 2.14. The number of nitrogens with one attached hydrogen (secondary N) is 1. The molecule has 31 heavy (non-hydrogen) atoms. The Kier molecular flexibility index (Phi) is 6.46. The quantitative estimate of drug-likeness (QED) is 0.464. The minimum atomic E-state index is -0.474. The van der Waals surface area contributed by atoms with Crippen LogP contribution in [0.2, 0.25) is 0 Å². The number of carbonyl (C=O) groups excluding carboxylic acids is 2. The first kappa shape index (κ1) is 20.8. The SMILES string of the molecule is CCOc1ccc(NC(=O)COC(=O)c2c3c(nc4ccccc24)CCCCC3)cc1. The number of hydrogen-bond donors (Lipinski definition) is 1. The number of anilines is 1. The highest BCUT2D eigenvalue weighted by Gasteiger charge is 2.23. The van der Waals surface area contributed by atoms with Crippen molar-refractivity contribution in [3.8, 4) is 5.75 Å². The molecule has 0 saturated carbocycles. The highest BCUT2D eigenvalue weighted by atomic mass is 16.5. The molecule has 6 heteroatoms. The number of hydrogen-bond acceptors (Lipinski definition) is 5. The molecular weight excluding hydrogens is 392 g/mol. The molecule has 0 bridgehead atoms. The van der Waals surface area contributed by atoms with Crippen LogP contribution in [0.4, 0.5) is 5.69 Å². The van der Waals surface area contributed by atoms with E-state index in [0.29, 0.717) is 17.9 Å². The summed E-state index contributed by atoms with van der Waals surface area (Å²) in [5.74, 6) is -0.127.